The van der Waals surface area contributed by atoms with Gasteiger partial charge in [-0.1, -0.05) is 18.2 Å². The van der Waals surface area contributed by atoms with Gasteiger partial charge in [-0.3, -0.25) is 4.79 Å². The van der Waals surface area contributed by atoms with E-state index in [0.717, 1.165) is 35.5 Å². The molecule has 0 aromatic heterocycles. The fourth-order valence-electron chi connectivity index (χ4n) is 4.65. The van der Waals surface area contributed by atoms with E-state index in [9.17, 15) is 9.59 Å². The Kier molecular flexibility index (Phi) is 4.68. The van der Waals surface area contributed by atoms with Crippen LogP contribution < -0.4 is 0 Å². The molecule has 27 heavy (non-hydrogen) atoms. The SMILES string of the molecule is COC[C@H]1CCCN1C1=C(C(=O)OC)[C@]2(C(=O)OC)Sc3ccccc3[C@H]12. The van der Waals surface area contributed by atoms with Crippen LogP contribution in [0.25, 0.3) is 0 Å². The molecule has 0 radical (unpaired) electrons. The van der Waals surface area contributed by atoms with Crippen LogP contribution in [0, 0.1) is 0 Å². The smallest absolute Gasteiger partial charge is 0.337 e. The molecular formula is C20H23NO5S. The summed E-state index contributed by atoms with van der Waals surface area (Å²) in [5.41, 5.74) is 2.38. The van der Waals surface area contributed by atoms with E-state index in [1.165, 1.54) is 26.0 Å². The van der Waals surface area contributed by atoms with E-state index in [-0.39, 0.29) is 12.0 Å². The molecule has 0 amide bonds. The summed E-state index contributed by atoms with van der Waals surface area (Å²) in [6.07, 6.45) is 2.03. The lowest BCUT2D eigenvalue weighted by Crippen LogP contribution is -2.57. The Balaban J connectivity index is 1.89. The van der Waals surface area contributed by atoms with Crippen LogP contribution in [0.4, 0.5) is 0 Å². The van der Waals surface area contributed by atoms with Gasteiger partial charge in [-0.25, -0.2) is 4.79 Å². The van der Waals surface area contributed by atoms with E-state index in [1.807, 2.05) is 24.3 Å². The topological polar surface area (TPSA) is 65.1 Å². The van der Waals surface area contributed by atoms with Crippen molar-refractivity contribution in [1.29, 1.82) is 0 Å². The third-order valence-electron chi connectivity index (χ3n) is 5.73. The number of likely N-dealkylation sites (tertiary alicyclic amines) is 1. The van der Waals surface area contributed by atoms with Crippen LogP contribution in [0.5, 0.6) is 0 Å². The van der Waals surface area contributed by atoms with Crippen molar-refractivity contribution in [1.82, 2.24) is 4.90 Å². The molecule has 3 aliphatic rings. The molecule has 3 atom stereocenters. The molecule has 1 saturated heterocycles. The summed E-state index contributed by atoms with van der Waals surface area (Å²) in [6, 6.07) is 8.14. The quantitative estimate of drug-likeness (QED) is 0.716. The summed E-state index contributed by atoms with van der Waals surface area (Å²) >= 11 is 1.40. The third-order valence-corrected chi connectivity index (χ3v) is 7.25. The third kappa shape index (κ3) is 2.44. The number of carbonyl (C=O) groups excluding carboxylic acids is 2. The maximum absolute atomic E-state index is 12.9. The highest BCUT2D eigenvalue weighted by Crippen LogP contribution is 2.68. The predicted octanol–water partition coefficient (Wildman–Crippen LogP) is 2.34. The van der Waals surface area contributed by atoms with Gasteiger partial charge in [-0.15, -0.1) is 11.8 Å². The molecule has 1 aromatic carbocycles. The summed E-state index contributed by atoms with van der Waals surface area (Å²) in [6.45, 7) is 1.43. The Bertz CT molecular complexity index is 822. The molecule has 0 N–H and O–H groups in total. The molecule has 2 heterocycles. The summed E-state index contributed by atoms with van der Waals surface area (Å²) in [5, 5.41) is 0. The maximum atomic E-state index is 12.9. The lowest BCUT2D eigenvalue weighted by molar-refractivity contribution is -0.147. The molecule has 0 spiro atoms. The van der Waals surface area contributed by atoms with Gasteiger partial charge in [0, 0.05) is 24.2 Å². The van der Waals surface area contributed by atoms with Gasteiger partial charge in [0.15, 0.2) is 4.75 Å². The maximum Gasteiger partial charge on any atom is 0.337 e. The zero-order valence-electron chi connectivity index (χ0n) is 15.7. The van der Waals surface area contributed by atoms with E-state index in [4.69, 9.17) is 14.2 Å². The molecule has 0 bridgehead atoms. The second-order valence-corrected chi connectivity index (χ2v) is 8.28. The van der Waals surface area contributed by atoms with Crippen molar-refractivity contribution in [2.75, 3.05) is 34.5 Å². The number of esters is 2. The Morgan fingerprint density at radius 3 is 2.70 bits per heavy atom. The van der Waals surface area contributed by atoms with Gasteiger partial charge in [-0.05, 0) is 24.5 Å². The number of hydrogen-bond donors (Lipinski definition) is 0. The van der Waals surface area contributed by atoms with E-state index in [1.54, 1.807) is 7.11 Å². The number of allylic oxidation sites excluding steroid dienone is 1. The summed E-state index contributed by atoms with van der Waals surface area (Å²) in [7, 11) is 4.41. The largest absolute Gasteiger partial charge is 0.468 e. The number of carbonyl (C=O) groups is 2. The molecule has 0 unspecified atom stereocenters. The number of fused-ring (bicyclic) bond motifs is 3. The van der Waals surface area contributed by atoms with Gasteiger partial charge < -0.3 is 19.1 Å². The van der Waals surface area contributed by atoms with Crippen molar-refractivity contribution in [3.05, 3.63) is 41.1 Å². The fourth-order valence-corrected chi connectivity index (χ4v) is 6.27. The molecule has 4 rings (SSSR count). The van der Waals surface area contributed by atoms with Crippen molar-refractivity contribution in [2.24, 2.45) is 0 Å². The van der Waals surface area contributed by atoms with E-state index < -0.39 is 16.7 Å². The van der Waals surface area contributed by atoms with Crippen LogP contribution in [0.3, 0.4) is 0 Å². The van der Waals surface area contributed by atoms with Gasteiger partial charge in [0.05, 0.1) is 38.4 Å². The van der Waals surface area contributed by atoms with Crippen LogP contribution in [0.2, 0.25) is 0 Å². The molecule has 1 fully saturated rings. The van der Waals surface area contributed by atoms with Crippen molar-refractivity contribution in [3.8, 4) is 0 Å². The average molecular weight is 389 g/mol. The van der Waals surface area contributed by atoms with Gasteiger partial charge in [0.25, 0.3) is 0 Å². The first-order valence-corrected chi connectivity index (χ1v) is 9.86. The minimum Gasteiger partial charge on any atom is -0.468 e. The molecule has 7 heteroatoms. The monoisotopic (exact) mass is 389 g/mol. The molecule has 6 nitrogen and oxygen atoms in total. The van der Waals surface area contributed by atoms with Crippen LogP contribution in [0.15, 0.2) is 40.4 Å². The van der Waals surface area contributed by atoms with Crippen molar-refractivity contribution < 1.29 is 23.8 Å². The highest BCUT2D eigenvalue weighted by Gasteiger charge is 2.69. The number of ether oxygens (including phenoxy) is 3. The van der Waals surface area contributed by atoms with Crippen molar-refractivity contribution >= 4 is 23.7 Å². The van der Waals surface area contributed by atoms with E-state index >= 15 is 0 Å². The molecule has 0 saturated carbocycles. The Labute approximate surface area is 162 Å². The molecule has 144 valence electrons. The zero-order chi connectivity index (χ0) is 19.2. The Morgan fingerprint density at radius 2 is 2.00 bits per heavy atom. The zero-order valence-corrected chi connectivity index (χ0v) is 16.5. The first kappa shape index (κ1) is 18.4. The lowest BCUT2D eigenvalue weighted by Gasteiger charge is -2.49. The summed E-state index contributed by atoms with van der Waals surface area (Å²) in [4.78, 5) is 29.0. The number of nitrogens with zero attached hydrogens (tertiary/aromatic N) is 1. The Morgan fingerprint density at radius 1 is 1.22 bits per heavy atom. The van der Waals surface area contributed by atoms with Crippen LogP contribution in [-0.2, 0) is 23.8 Å². The average Bonchev–Trinajstić information content (AvgIpc) is 3.23. The molecule has 1 aromatic rings. The highest BCUT2D eigenvalue weighted by atomic mass is 32.2. The van der Waals surface area contributed by atoms with E-state index in [2.05, 4.69) is 4.90 Å². The highest BCUT2D eigenvalue weighted by molar-refractivity contribution is 8.02. The number of methoxy groups -OCH3 is 3. The Hall–Kier alpha value is -1.99. The standard InChI is InChI=1S/C20H23NO5S/c1-24-11-12-7-6-10-21(12)17-15-13-8-4-5-9-14(13)27-20(15,19(23)26-3)16(17)18(22)25-2/h4-5,8-9,12,15H,6-7,10-11H2,1-3H3/t12-,15-,20-/m1/s1. The van der Waals surface area contributed by atoms with Gasteiger partial charge in [-0.2, -0.15) is 0 Å². The molecular weight excluding hydrogens is 366 g/mol. The number of thioether (sulfide) groups is 1. The lowest BCUT2D eigenvalue weighted by atomic mass is 9.66. The number of benzene rings is 1. The first-order valence-electron chi connectivity index (χ1n) is 9.05. The van der Waals surface area contributed by atoms with Gasteiger partial charge >= 0.3 is 11.9 Å². The molecule has 2 aliphatic heterocycles. The second-order valence-electron chi connectivity index (χ2n) is 7.00. The number of hydrogen-bond acceptors (Lipinski definition) is 7. The van der Waals surface area contributed by atoms with Crippen LogP contribution in [0.1, 0.15) is 24.3 Å². The molecule has 1 aliphatic carbocycles. The summed E-state index contributed by atoms with van der Waals surface area (Å²) < 4.78 is 14.6. The van der Waals surface area contributed by atoms with Crippen molar-refractivity contribution in [3.63, 3.8) is 0 Å². The minimum atomic E-state index is -1.07. The van der Waals surface area contributed by atoms with Crippen LogP contribution >= 0.6 is 11.8 Å². The minimum absolute atomic E-state index is 0.193. The fraction of sp³-hybridized carbons (Fsp3) is 0.500. The first-order chi connectivity index (χ1) is 13.1. The van der Waals surface area contributed by atoms with Gasteiger partial charge in [0.1, 0.15) is 0 Å². The second kappa shape index (κ2) is 6.87. The van der Waals surface area contributed by atoms with Crippen LogP contribution in [-0.4, -0.2) is 62.1 Å². The normalized spacial score (nSPS) is 28.5. The van der Waals surface area contributed by atoms with Gasteiger partial charge in [0.2, 0.25) is 0 Å². The predicted molar refractivity (Wildman–Crippen MR) is 100 cm³/mol. The number of rotatable bonds is 5. The van der Waals surface area contributed by atoms with Crippen molar-refractivity contribution in [2.45, 2.75) is 34.4 Å². The van der Waals surface area contributed by atoms with E-state index in [0.29, 0.717) is 12.2 Å². The summed E-state index contributed by atoms with van der Waals surface area (Å²) in [5.74, 6) is -1.08.